The number of carbonyl (C=O) groups is 1. The van der Waals surface area contributed by atoms with Crippen molar-refractivity contribution in [3.8, 4) is 0 Å². The van der Waals surface area contributed by atoms with Crippen molar-refractivity contribution in [2.24, 2.45) is 5.73 Å². The highest BCUT2D eigenvalue weighted by molar-refractivity contribution is 7.80. The maximum Gasteiger partial charge on any atom is 0.253 e. The molecule has 0 saturated carbocycles. The minimum absolute atomic E-state index is 0.0450. The highest BCUT2D eigenvalue weighted by Gasteiger charge is 2.22. The van der Waals surface area contributed by atoms with E-state index in [0.717, 1.165) is 12.8 Å². The summed E-state index contributed by atoms with van der Waals surface area (Å²) in [5, 5.41) is 0. The number of benzene rings is 1. The first-order valence-corrected chi connectivity index (χ1v) is 6.06. The van der Waals surface area contributed by atoms with E-state index in [9.17, 15) is 9.18 Å². The molecule has 0 radical (unpaired) electrons. The Hall–Kier alpha value is -1.07. The van der Waals surface area contributed by atoms with Crippen molar-refractivity contribution < 1.29 is 9.18 Å². The molecular weight excluding hydrogens is 239 g/mol. The lowest BCUT2D eigenvalue weighted by molar-refractivity contribution is 0.0708. The molecule has 3 nitrogen and oxygen atoms in total. The maximum atomic E-state index is 13.0. The number of rotatable bonds is 1. The predicted molar refractivity (Wildman–Crippen MR) is 66.8 cm³/mol. The number of carbonyl (C=O) groups excluding carboxylic acids is 1. The topological polar surface area (TPSA) is 46.3 Å². The molecule has 1 aliphatic heterocycles. The van der Waals surface area contributed by atoms with Gasteiger partial charge in [-0.1, -0.05) is 0 Å². The van der Waals surface area contributed by atoms with Crippen LogP contribution in [0, 0.1) is 5.82 Å². The Morgan fingerprint density at radius 2 is 2.29 bits per heavy atom. The van der Waals surface area contributed by atoms with Crippen molar-refractivity contribution in [2.75, 3.05) is 13.1 Å². The third-order valence-corrected chi connectivity index (χ3v) is 3.28. The number of thiol groups is 1. The summed E-state index contributed by atoms with van der Waals surface area (Å²) in [6.45, 7) is 1.28. The summed E-state index contributed by atoms with van der Waals surface area (Å²) >= 11 is 3.97. The van der Waals surface area contributed by atoms with E-state index in [4.69, 9.17) is 5.73 Å². The molecule has 1 fully saturated rings. The van der Waals surface area contributed by atoms with Gasteiger partial charge in [-0.25, -0.2) is 4.39 Å². The fourth-order valence-corrected chi connectivity index (χ4v) is 2.24. The number of hydrogen-bond donors (Lipinski definition) is 2. The molecule has 1 aromatic carbocycles. The Labute approximate surface area is 105 Å². The molecule has 1 heterocycles. The molecule has 1 atom stereocenters. The van der Waals surface area contributed by atoms with Gasteiger partial charge >= 0.3 is 0 Å². The monoisotopic (exact) mass is 254 g/mol. The van der Waals surface area contributed by atoms with Crippen LogP contribution in [0.3, 0.4) is 0 Å². The van der Waals surface area contributed by atoms with Crippen LogP contribution in [0.4, 0.5) is 4.39 Å². The number of likely N-dealkylation sites (tertiary alicyclic amines) is 1. The van der Waals surface area contributed by atoms with Crippen LogP contribution in [0.1, 0.15) is 23.2 Å². The molecular formula is C12H15FN2OS. The van der Waals surface area contributed by atoms with E-state index in [1.807, 2.05) is 0 Å². The summed E-state index contributed by atoms with van der Waals surface area (Å²) in [4.78, 5) is 14.0. The molecule has 1 unspecified atom stereocenters. The summed E-state index contributed by atoms with van der Waals surface area (Å²) in [6.07, 6.45) is 1.87. The van der Waals surface area contributed by atoms with Crippen molar-refractivity contribution in [1.82, 2.24) is 4.90 Å². The van der Waals surface area contributed by atoms with Gasteiger partial charge in [-0.3, -0.25) is 4.79 Å². The molecule has 1 aromatic rings. The van der Waals surface area contributed by atoms with E-state index >= 15 is 0 Å². The Kier molecular flexibility index (Phi) is 3.69. The minimum Gasteiger partial charge on any atom is -0.337 e. The lowest BCUT2D eigenvalue weighted by Gasteiger charge is -2.30. The number of amides is 1. The van der Waals surface area contributed by atoms with E-state index in [1.165, 1.54) is 18.2 Å². The zero-order chi connectivity index (χ0) is 12.4. The standard InChI is InChI=1S/C12H15FN2OS/c13-10-4-3-8(6-11(10)17)12(16)15-5-1-2-9(14)7-15/h3-4,6,9,17H,1-2,5,7,14H2. The first kappa shape index (κ1) is 12.4. The zero-order valence-electron chi connectivity index (χ0n) is 9.40. The van der Waals surface area contributed by atoms with Crippen molar-refractivity contribution in [3.05, 3.63) is 29.6 Å². The quantitative estimate of drug-likeness (QED) is 0.749. The number of piperidine rings is 1. The first-order chi connectivity index (χ1) is 8.08. The van der Waals surface area contributed by atoms with E-state index in [1.54, 1.807) is 4.90 Å². The van der Waals surface area contributed by atoms with E-state index in [2.05, 4.69) is 12.6 Å². The third-order valence-electron chi connectivity index (χ3n) is 2.94. The molecule has 92 valence electrons. The molecule has 2 N–H and O–H groups in total. The van der Waals surface area contributed by atoms with E-state index in [0.29, 0.717) is 18.7 Å². The van der Waals surface area contributed by atoms with Gasteiger partial charge in [0.25, 0.3) is 5.91 Å². The largest absolute Gasteiger partial charge is 0.337 e. The van der Waals surface area contributed by atoms with Gasteiger partial charge in [-0.15, -0.1) is 12.6 Å². The Morgan fingerprint density at radius 3 is 2.94 bits per heavy atom. The van der Waals surface area contributed by atoms with Gasteiger partial charge in [0, 0.05) is 29.6 Å². The van der Waals surface area contributed by atoms with Gasteiger partial charge in [0.1, 0.15) is 5.82 Å². The van der Waals surface area contributed by atoms with Crippen molar-refractivity contribution in [3.63, 3.8) is 0 Å². The molecule has 1 amide bonds. The van der Waals surface area contributed by atoms with Crippen molar-refractivity contribution >= 4 is 18.5 Å². The third kappa shape index (κ3) is 2.79. The molecule has 2 rings (SSSR count). The second-order valence-electron chi connectivity index (χ2n) is 4.32. The summed E-state index contributed by atoms with van der Waals surface area (Å²) in [7, 11) is 0. The molecule has 0 aliphatic carbocycles. The van der Waals surface area contributed by atoms with Crippen LogP contribution in [-0.2, 0) is 0 Å². The van der Waals surface area contributed by atoms with Crippen LogP contribution < -0.4 is 5.73 Å². The smallest absolute Gasteiger partial charge is 0.253 e. The summed E-state index contributed by atoms with van der Waals surface area (Å²) < 4.78 is 13.0. The van der Waals surface area contributed by atoms with Gasteiger partial charge in [0.2, 0.25) is 0 Å². The maximum absolute atomic E-state index is 13.0. The van der Waals surface area contributed by atoms with E-state index < -0.39 is 5.82 Å². The van der Waals surface area contributed by atoms with Crippen molar-refractivity contribution in [2.45, 2.75) is 23.8 Å². The predicted octanol–water partition coefficient (Wildman–Crippen LogP) is 1.68. The number of hydrogen-bond acceptors (Lipinski definition) is 3. The van der Waals surface area contributed by atoms with Gasteiger partial charge in [0.15, 0.2) is 0 Å². The summed E-state index contributed by atoms with van der Waals surface area (Å²) in [5.41, 5.74) is 6.29. The summed E-state index contributed by atoms with van der Waals surface area (Å²) in [5.74, 6) is -0.518. The fraction of sp³-hybridized carbons (Fsp3) is 0.417. The Bertz CT molecular complexity index is 439. The van der Waals surface area contributed by atoms with Crippen LogP contribution >= 0.6 is 12.6 Å². The van der Waals surface area contributed by atoms with Gasteiger partial charge in [0.05, 0.1) is 0 Å². The lowest BCUT2D eigenvalue weighted by atomic mass is 10.1. The molecule has 0 spiro atoms. The zero-order valence-corrected chi connectivity index (χ0v) is 10.3. The van der Waals surface area contributed by atoms with Crippen LogP contribution in [0.15, 0.2) is 23.1 Å². The van der Waals surface area contributed by atoms with Gasteiger partial charge in [-0.05, 0) is 31.0 Å². The normalized spacial score (nSPS) is 20.4. The molecule has 0 aromatic heterocycles. The lowest BCUT2D eigenvalue weighted by Crippen LogP contribution is -2.45. The Balaban J connectivity index is 2.15. The number of nitrogens with two attached hydrogens (primary N) is 1. The number of halogens is 1. The summed E-state index contributed by atoms with van der Waals surface area (Å²) in [6, 6.07) is 4.25. The second kappa shape index (κ2) is 5.06. The first-order valence-electron chi connectivity index (χ1n) is 5.61. The molecule has 1 aliphatic rings. The van der Waals surface area contributed by atoms with Gasteiger partial charge in [-0.2, -0.15) is 0 Å². The molecule has 5 heteroatoms. The second-order valence-corrected chi connectivity index (χ2v) is 4.80. The highest BCUT2D eigenvalue weighted by atomic mass is 32.1. The van der Waals surface area contributed by atoms with E-state index in [-0.39, 0.29) is 16.8 Å². The average Bonchev–Trinajstić information content (AvgIpc) is 2.32. The van der Waals surface area contributed by atoms with Crippen LogP contribution in [-0.4, -0.2) is 29.9 Å². The molecule has 1 saturated heterocycles. The highest BCUT2D eigenvalue weighted by Crippen LogP contribution is 2.17. The van der Waals surface area contributed by atoms with Crippen LogP contribution in [0.25, 0.3) is 0 Å². The van der Waals surface area contributed by atoms with Gasteiger partial charge < -0.3 is 10.6 Å². The average molecular weight is 254 g/mol. The van der Waals surface area contributed by atoms with Crippen molar-refractivity contribution in [1.29, 1.82) is 0 Å². The van der Waals surface area contributed by atoms with Crippen LogP contribution in [0.5, 0.6) is 0 Å². The fourth-order valence-electron chi connectivity index (χ4n) is 2.02. The molecule has 17 heavy (non-hydrogen) atoms. The molecule has 0 bridgehead atoms. The van der Waals surface area contributed by atoms with Crippen LogP contribution in [0.2, 0.25) is 0 Å². The minimum atomic E-state index is -0.416. The SMILES string of the molecule is NC1CCCN(C(=O)c2ccc(F)c(S)c2)C1. The number of nitrogens with zero attached hydrogens (tertiary/aromatic N) is 1. The Morgan fingerprint density at radius 1 is 1.53 bits per heavy atom.